The molecular formula is C16H21N3OS. The maximum absolute atomic E-state index is 11.7. The second-order valence-electron chi connectivity index (χ2n) is 5.26. The normalized spacial score (nSPS) is 15.1. The van der Waals surface area contributed by atoms with Crippen molar-refractivity contribution < 1.29 is 4.79 Å². The molecule has 112 valence electrons. The fraction of sp³-hybridized carbons (Fsp3) is 0.375. The zero-order valence-electron chi connectivity index (χ0n) is 12.2. The third-order valence-electron chi connectivity index (χ3n) is 3.59. The summed E-state index contributed by atoms with van der Waals surface area (Å²) in [4.78, 5) is 11.7. The molecular weight excluding hydrogens is 282 g/mol. The molecule has 0 aromatic heterocycles. The molecule has 1 fully saturated rings. The van der Waals surface area contributed by atoms with Crippen molar-refractivity contribution in [1.82, 2.24) is 16.2 Å². The van der Waals surface area contributed by atoms with E-state index in [9.17, 15) is 4.79 Å². The zero-order valence-corrected chi connectivity index (χ0v) is 13.0. The van der Waals surface area contributed by atoms with Gasteiger partial charge in [0.15, 0.2) is 5.11 Å². The predicted octanol–water partition coefficient (Wildman–Crippen LogP) is 2.45. The van der Waals surface area contributed by atoms with Gasteiger partial charge in [-0.2, -0.15) is 0 Å². The van der Waals surface area contributed by atoms with E-state index in [0.717, 1.165) is 24.0 Å². The summed E-state index contributed by atoms with van der Waals surface area (Å²) < 4.78 is 0. The molecule has 1 aromatic carbocycles. The van der Waals surface area contributed by atoms with E-state index < -0.39 is 0 Å². The molecule has 4 nitrogen and oxygen atoms in total. The van der Waals surface area contributed by atoms with Gasteiger partial charge in [0.1, 0.15) is 0 Å². The minimum absolute atomic E-state index is 0.228. The number of carbonyl (C=O) groups excluding carboxylic acids is 1. The standard InChI is InChI=1S/C16H21N3OS/c1-12-6-2-3-7-13(12)10-11-15(20)18-19-16(21)17-14-8-4-5-9-14/h2-3,6-7,10-11,14H,4-5,8-9H2,1H3,(H,18,20)(H2,17,19,21)/b11-10+. The molecule has 21 heavy (non-hydrogen) atoms. The molecule has 1 saturated carbocycles. The van der Waals surface area contributed by atoms with E-state index in [1.165, 1.54) is 18.9 Å². The fourth-order valence-corrected chi connectivity index (χ4v) is 2.61. The number of thiocarbonyl (C=S) groups is 1. The summed E-state index contributed by atoms with van der Waals surface area (Å²) in [5, 5.41) is 3.67. The molecule has 2 rings (SSSR count). The molecule has 1 aliphatic rings. The van der Waals surface area contributed by atoms with Crippen molar-refractivity contribution in [3.63, 3.8) is 0 Å². The minimum Gasteiger partial charge on any atom is -0.359 e. The number of hydrogen-bond acceptors (Lipinski definition) is 2. The monoisotopic (exact) mass is 303 g/mol. The number of hydrazine groups is 1. The SMILES string of the molecule is Cc1ccccc1/C=C/C(=O)NNC(=S)NC1CCCC1. The molecule has 0 atom stereocenters. The molecule has 0 aliphatic heterocycles. The molecule has 0 unspecified atom stereocenters. The van der Waals surface area contributed by atoms with E-state index in [-0.39, 0.29) is 5.91 Å². The van der Waals surface area contributed by atoms with Gasteiger partial charge in [-0.25, -0.2) is 0 Å². The van der Waals surface area contributed by atoms with E-state index in [2.05, 4.69) is 16.2 Å². The first kappa shape index (κ1) is 15.5. The molecule has 0 bridgehead atoms. The van der Waals surface area contributed by atoms with Crippen LogP contribution >= 0.6 is 12.2 Å². The predicted molar refractivity (Wildman–Crippen MR) is 89.5 cm³/mol. The molecule has 0 saturated heterocycles. The highest BCUT2D eigenvalue weighted by Crippen LogP contribution is 2.17. The van der Waals surface area contributed by atoms with Crippen molar-refractivity contribution in [3.05, 3.63) is 41.5 Å². The number of nitrogens with one attached hydrogen (secondary N) is 3. The third kappa shape index (κ3) is 5.19. The molecule has 3 N–H and O–H groups in total. The van der Waals surface area contributed by atoms with Crippen LogP contribution < -0.4 is 16.2 Å². The Kier molecular flexibility index (Phi) is 5.75. The van der Waals surface area contributed by atoms with Crippen molar-refractivity contribution in [1.29, 1.82) is 0 Å². The topological polar surface area (TPSA) is 53.2 Å². The van der Waals surface area contributed by atoms with Crippen LogP contribution in [0.5, 0.6) is 0 Å². The van der Waals surface area contributed by atoms with Crippen molar-refractivity contribution in [2.45, 2.75) is 38.6 Å². The minimum atomic E-state index is -0.228. The quantitative estimate of drug-likeness (QED) is 0.456. The van der Waals surface area contributed by atoms with Crippen molar-refractivity contribution in [2.24, 2.45) is 0 Å². The van der Waals surface area contributed by atoms with E-state index in [4.69, 9.17) is 12.2 Å². The Morgan fingerprint density at radius 3 is 2.67 bits per heavy atom. The molecule has 5 heteroatoms. The van der Waals surface area contributed by atoms with E-state index in [1.807, 2.05) is 31.2 Å². The Balaban J connectivity index is 1.74. The van der Waals surface area contributed by atoms with E-state index >= 15 is 0 Å². The van der Waals surface area contributed by atoms with Crippen molar-refractivity contribution in [3.8, 4) is 0 Å². The lowest BCUT2D eigenvalue weighted by atomic mass is 10.1. The Labute approximate surface area is 131 Å². The van der Waals surface area contributed by atoms with Crippen LogP contribution in [-0.2, 0) is 4.79 Å². The van der Waals surface area contributed by atoms with Gasteiger partial charge < -0.3 is 5.32 Å². The van der Waals surface area contributed by atoms with Crippen LogP contribution in [0.3, 0.4) is 0 Å². The smallest absolute Gasteiger partial charge is 0.262 e. The average molecular weight is 303 g/mol. The number of rotatable bonds is 3. The second-order valence-corrected chi connectivity index (χ2v) is 5.67. The van der Waals surface area contributed by atoms with Gasteiger partial charge in [0.2, 0.25) is 0 Å². The fourth-order valence-electron chi connectivity index (χ4n) is 2.39. The Morgan fingerprint density at radius 2 is 1.95 bits per heavy atom. The molecule has 0 radical (unpaired) electrons. The van der Waals surface area contributed by atoms with Gasteiger partial charge in [0.25, 0.3) is 5.91 Å². The lowest BCUT2D eigenvalue weighted by Gasteiger charge is -2.15. The first-order valence-corrected chi connectivity index (χ1v) is 7.66. The number of carbonyl (C=O) groups is 1. The molecule has 1 aromatic rings. The summed E-state index contributed by atoms with van der Waals surface area (Å²) in [6.07, 6.45) is 8.05. The summed E-state index contributed by atoms with van der Waals surface area (Å²) in [6, 6.07) is 8.34. The second kappa shape index (κ2) is 7.78. The van der Waals surface area contributed by atoms with Gasteiger partial charge in [-0.05, 0) is 49.2 Å². The summed E-state index contributed by atoms with van der Waals surface area (Å²) in [5.41, 5.74) is 7.46. The number of benzene rings is 1. The van der Waals surface area contributed by atoms with Gasteiger partial charge in [-0.1, -0.05) is 37.1 Å². The van der Waals surface area contributed by atoms with Gasteiger partial charge in [0, 0.05) is 12.1 Å². The first-order chi connectivity index (χ1) is 10.1. The number of amides is 1. The van der Waals surface area contributed by atoms with Gasteiger partial charge in [0.05, 0.1) is 0 Å². The number of aryl methyl sites for hydroxylation is 1. The highest BCUT2D eigenvalue weighted by Gasteiger charge is 2.15. The Bertz CT molecular complexity index is 536. The van der Waals surface area contributed by atoms with Crippen LogP contribution in [0, 0.1) is 6.92 Å². The third-order valence-corrected chi connectivity index (χ3v) is 3.81. The first-order valence-electron chi connectivity index (χ1n) is 7.25. The van der Waals surface area contributed by atoms with Crippen LogP contribution in [0.4, 0.5) is 0 Å². The van der Waals surface area contributed by atoms with Crippen LogP contribution in [0.25, 0.3) is 6.08 Å². The van der Waals surface area contributed by atoms with Gasteiger partial charge in [-0.3, -0.25) is 15.6 Å². The highest BCUT2D eigenvalue weighted by molar-refractivity contribution is 7.80. The lowest BCUT2D eigenvalue weighted by molar-refractivity contribution is -0.116. The molecule has 0 heterocycles. The number of hydrogen-bond donors (Lipinski definition) is 3. The van der Waals surface area contributed by atoms with Crippen LogP contribution in [0.2, 0.25) is 0 Å². The Morgan fingerprint density at radius 1 is 1.24 bits per heavy atom. The van der Waals surface area contributed by atoms with E-state index in [1.54, 1.807) is 6.08 Å². The van der Waals surface area contributed by atoms with Crippen LogP contribution in [0.15, 0.2) is 30.3 Å². The lowest BCUT2D eigenvalue weighted by Crippen LogP contribution is -2.48. The molecule has 1 amide bonds. The summed E-state index contributed by atoms with van der Waals surface area (Å²) in [7, 11) is 0. The van der Waals surface area contributed by atoms with Crippen molar-refractivity contribution >= 4 is 29.3 Å². The summed E-state index contributed by atoms with van der Waals surface area (Å²) >= 11 is 5.15. The van der Waals surface area contributed by atoms with Crippen LogP contribution in [0.1, 0.15) is 36.8 Å². The maximum atomic E-state index is 11.7. The molecule has 0 spiro atoms. The Hall–Kier alpha value is -1.88. The van der Waals surface area contributed by atoms with Crippen molar-refractivity contribution in [2.75, 3.05) is 0 Å². The van der Waals surface area contributed by atoms with E-state index in [0.29, 0.717) is 11.2 Å². The zero-order chi connectivity index (χ0) is 15.1. The van der Waals surface area contributed by atoms with Crippen LogP contribution in [-0.4, -0.2) is 17.1 Å². The molecule has 1 aliphatic carbocycles. The maximum Gasteiger partial charge on any atom is 0.262 e. The largest absolute Gasteiger partial charge is 0.359 e. The van der Waals surface area contributed by atoms with Gasteiger partial charge >= 0.3 is 0 Å². The highest BCUT2D eigenvalue weighted by atomic mass is 32.1. The average Bonchev–Trinajstić information content (AvgIpc) is 2.97. The summed E-state index contributed by atoms with van der Waals surface area (Å²) in [6.45, 7) is 2.01. The summed E-state index contributed by atoms with van der Waals surface area (Å²) in [5.74, 6) is -0.228. The van der Waals surface area contributed by atoms with Gasteiger partial charge in [-0.15, -0.1) is 0 Å².